The van der Waals surface area contributed by atoms with Gasteiger partial charge < -0.3 is 4.42 Å². The minimum Gasteiger partial charge on any atom is -0.446 e. The second kappa shape index (κ2) is 2.93. The van der Waals surface area contributed by atoms with E-state index in [9.17, 15) is 18.0 Å². The lowest BCUT2D eigenvalue weighted by Crippen LogP contribution is -2.03. The van der Waals surface area contributed by atoms with Crippen molar-refractivity contribution < 1.29 is 22.4 Å². The van der Waals surface area contributed by atoms with Gasteiger partial charge >= 0.3 is 6.18 Å². The third-order valence-electron chi connectivity index (χ3n) is 1.13. The summed E-state index contributed by atoms with van der Waals surface area (Å²) in [6, 6.07) is 0.636. The molecule has 12 heavy (non-hydrogen) atoms. The van der Waals surface area contributed by atoms with E-state index in [-0.39, 0.29) is 12.0 Å². The van der Waals surface area contributed by atoms with Gasteiger partial charge in [0.25, 0.3) is 0 Å². The first-order valence-corrected chi connectivity index (χ1v) is 3.56. The largest absolute Gasteiger partial charge is 0.446 e. The number of halogens is 4. The van der Waals surface area contributed by atoms with Gasteiger partial charge in [-0.15, -0.1) is 0 Å². The average Bonchev–Trinajstić information content (AvgIpc) is 2.29. The first-order valence-electron chi connectivity index (χ1n) is 2.77. The van der Waals surface area contributed by atoms with E-state index in [4.69, 9.17) is 0 Å². The van der Waals surface area contributed by atoms with Crippen LogP contribution in [-0.2, 0) is 6.18 Å². The van der Waals surface area contributed by atoms with Crippen LogP contribution in [0.3, 0.4) is 0 Å². The highest BCUT2D eigenvalue weighted by molar-refractivity contribution is 9.10. The molecule has 0 unspecified atom stereocenters. The number of furan rings is 1. The summed E-state index contributed by atoms with van der Waals surface area (Å²) >= 11 is 2.55. The van der Waals surface area contributed by atoms with Gasteiger partial charge in [-0.05, 0) is 15.9 Å². The van der Waals surface area contributed by atoms with Gasteiger partial charge in [0.05, 0.1) is 0 Å². The zero-order chi connectivity index (χ0) is 9.35. The number of carbonyl (C=O) groups excluding carboxylic acids is 1. The van der Waals surface area contributed by atoms with Crippen molar-refractivity contribution in [3.8, 4) is 0 Å². The molecule has 6 heteroatoms. The number of hydrogen-bond acceptors (Lipinski definition) is 2. The van der Waals surface area contributed by atoms with Gasteiger partial charge in [-0.1, -0.05) is 0 Å². The van der Waals surface area contributed by atoms with Gasteiger partial charge in [0.1, 0.15) is 5.56 Å². The monoisotopic (exact) mass is 242 g/mol. The highest BCUT2D eigenvalue weighted by Gasteiger charge is 2.35. The number of alkyl halides is 3. The lowest BCUT2D eigenvalue weighted by molar-refractivity contribution is -0.138. The van der Waals surface area contributed by atoms with Crippen LogP contribution in [0.25, 0.3) is 0 Å². The van der Waals surface area contributed by atoms with Crippen molar-refractivity contribution in [2.24, 2.45) is 0 Å². The smallest absolute Gasteiger partial charge is 0.420 e. The first-order chi connectivity index (χ1) is 5.45. The molecule has 0 bridgehead atoms. The minimum atomic E-state index is -4.50. The molecule has 0 spiro atoms. The number of rotatable bonds is 1. The van der Waals surface area contributed by atoms with E-state index in [0.717, 1.165) is 0 Å². The van der Waals surface area contributed by atoms with Crippen molar-refractivity contribution >= 4 is 22.2 Å². The van der Waals surface area contributed by atoms with E-state index in [2.05, 4.69) is 20.3 Å². The topological polar surface area (TPSA) is 30.2 Å². The predicted molar refractivity (Wildman–Crippen MR) is 36.8 cm³/mol. The predicted octanol–water partition coefficient (Wildman–Crippen LogP) is 2.87. The second-order valence-corrected chi connectivity index (χ2v) is 2.67. The van der Waals surface area contributed by atoms with Gasteiger partial charge in [-0.25, -0.2) is 0 Å². The number of carbonyl (C=O) groups is 1. The molecule has 0 aliphatic rings. The van der Waals surface area contributed by atoms with Crippen molar-refractivity contribution in [1.29, 1.82) is 0 Å². The summed E-state index contributed by atoms with van der Waals surface area (Å²) in [5.74, 6) is -0.353. The zero-order valence-electron chi connectivity index (χ0n) is 5.48. The molecule has 0 radical (unpaired) electrons. The highest BCUT2D eigenvalue weighted by Crippen LogP contribution is 2.36. The Morgan fingerprint density at radius 3 is 2.33 bits per heavy atom. The standard InChI is InChI=1S/C6H2BrF3O2/c7-5-4(6(8,9)10)1-3(2-11)12-5/h1-2H. The third kappa shape index (κ3) is 1.69. The van der Waals surface area contributed by atoms with Crippen molar-refractivity contribution in [1.82, 2.24) is 0 Å². The Bertz CT molecular complexity index is 302. The average molecular weight is 243 g/mol. The summed E-state index contributed by atoms with van der Waals surface area (Å²) in [4.78, 5) is 10.0. The fourth-order valence-corrected chi connectivity index (χ4v) is 1.16. The molecular formula is C6H2BrF3O2. The first kappa shape index (κ1) is 9.31. The number of hydrogen-bond donors (Lipinski definition) is 0. The minimum absolute atomic E-state index is 0.208. The SMILES string of the molecule is O=Cc1cc(C(F)(F)F)c(Br)o1. The van der Waals surface area contributed by atoms with E-state index < -0.39 is 16.4 Å². The van der Waals surface area contributed by atoms with Gasteiger partial charge in [0.15, 0.2) is 16.7 Å². The maximum Gasteiger partial charge on any atom is 0.420 e. The molecule has 1 aromatic heterocycles. The Hall–Kier alpha value is -0.780. The summed E-state index contributed by atoms with van der Waals surface area (Å²) in [5.41, 5.74) is -0.982. The van der Waals surface area contributed by atoms with Gasteiger partial charge in [0, 0.05) is 6.07 Å². The van der Waals surface area contributed by atoms with Crippen LogP contribution in [0, 0.1) is 0 Å². The van der Waals surface area contributed by atoms with Crippen molar-refractivity contribution in [2.45, 2.75) is 6.18 Å². The molecule has 0 aliphatic heterocycles. The maximum absolute atomic E-state index is 12.0. The number of aldehydes is 1. The van der Waals surface area contributed by atoms with E-state index in [1.54, 1.807) is 0 Å². The summed E-state index contributed by atoms with van der Waals surface area (Å²) in [5, 5.41) is 0. The van der Waals surface area contributed by atoms with Crippen LogP contribution >= 0.6 is 15.9 Å². The molecule has 2 nitrogen and oxygen atoms in total. The van der Waals surface area contributed by atoms with Crippen molar-refractivity contribution in [2.75, 3.05) is 0 Å². The lowest BCUT2D eigenvalue weighted by Gasteiger charge is -2.01. The molecule has 1 rings (SSSR count). The van der Waals surface area contributed by atoms with Crippen LogP contribution in [-0.4, -0.2) is 6.29 Å². The van der Waals surface area contributed by atoms with E-state index in [1.165, 1.54) is 0 Å². The Labute approximate surface area is 73.5 Å². The molecule has 0 saturated heterocycles. The summed E-state index contributed by atoms with van der Waals surface area (Å²) < 4.78 is 39.9. The van der Waals surface area contributed by atoms with Crippen LogP contribution in [0.2, 0.25) is 0 Å². The maximum atomic E-state index is 12.0. The van der Waals surface area contributed by atoms with Gasteiger partial charge in [-0.3, -0.25) is 4.79 Å². The Kier molecular flexibility index (Phi) is 2.27. The molecule has 0 aliphatic carbocycles. The third-order valence-corrected chi connectivity index (χ3v) is 1.72. The van der Waals surface area contributed by atoms with Crippen molar-refractivity contribution in [3.05, 3.63) is 22.1 Å². The molecule has 0 aromatic carbocycles. The molecule has 0 N–H and O–H groups in total. The molecule has 66 valence electrons. The van der Waals surface area contributed by atoms with Gasteiger partial charge in [-0.2, -0.15) is 13.2 Å². The zero-order valence-corrected chi connectivity index (χ0v) is 7.07. The summed E-state index contributed by atoms with van der Waals surface area (Å²) in [6.07, 6.45) is -4.29. The molecule has 0 saturated carbocycles. The van der Waals surface area contributed by atoms with E-state index >= 15 is 0 Å². The normalized spacial score (nSPS) is 11.7. The highest BCUT2D eigenvalue weighted by atomic mass is 79.9. The second-order valence-electron chi connectivity index (χ2n) is 1.95. The molecule has 0 atom stereocenters. The summed E-state index contributed by atoms with van der Waals surface area (Å²) in [6.45, 7) is 0. The van der Waals surface area contributed by atoms with Crippen LogP contribution in [0.1, 0.15) is 16.1 Å². The fraction of sp³-hybridized carbons (Fsp3) is 0.167. The van der Waals surface area contributed by atoms with Crippen LogP contribution in [0.4, 0.5) is 13.2 Å². The Morgan fingerprint density at radius 2 is 2.08 bits per heavy atom. The quantitative estimate of drug-likeness (QED) is 0.710. The van der Waals surface area contributed by atoms with Crippen LogP contribution in [0.15, 0.2) is 15.2 Å². The Balaban J connectivity index is 3.16. The van der Waals surface area contributed by atoms with Gasteiger partial charge in [0.2, 0.25) is 0 Å². The van der Waals surface area contributed by atoms with Crippen LogP contribution in [0.5, 0.6) is 0 Å². The molecule has 1 heterocycles. The molecule has 0 amide bonds. The molecule has 1 aromatic rings. The molecule has 0 fully saturated rings. The van der Waals surface area contributed by atoms with E-state index in [1.807, 2.05) is 0 Å². The fourth-order valence-electron chi connectivity index (χ4n) is 0.638. The summed E-state index contributed by atoms with van der Waals surface area (Å²) in [7, 11) is 0. The lowest BCUT2D eigenvalue weighted by atomic mass is 10.3. The van der Waals surface area contributed by atoms with E-state index in [0.29, 0.717) is 6.07 Å². The Morgan fingerprint density at radius 1 is 1.50 bits per heavy atom. The molecular weight excluding hydrogens is 241 g/mol. The van der Waals surface area contributed by atoms with Crippen LogP contribution < -0.4 is 0 Å². The van der Waals surface area contributed by atoms with Crippen molar-refractivity contribution in [3.63, 3.8) is 0 Å².